The Hall–Kier alpha value is -2.87. The lowest BCUT2D eigenvalue weighted by molar-refractivity contribution is 0.271. The smallest absolute Gasteiger partial charge is 0.227 e. The summed E-state index contributed by atoms with van der Waals surface area (Å²) in [6.45, 7) is 6.88. The van der Waals surface area contributed by atoms with E-state index in [1.165, 1.54) is 0 Å². The number of hydrogen-bond donors (Lipinski definition) is 2. The van der Waals surface area contributed by atoms with E-state index < -0.39 is 0 Å². The van der Waals surface area contributed by atoms with E-state index in [1.807, 2.05) is 36.7 Å². The topological polar surface area (TPSA) is 88.3 Å². The second kappa shape index (κ2) is 9.09. The van der Waals surface area contributed by atoms with Gasteiger partial charge in [-0.2, -0.15) is 9.97 Å². The third kappa shape index (κ3) is 4.59. The SMILES string of the molecule is CC[C@H](CO)Nc1nc(N(C)Cc2cccc(OC)c2)c2ncn(C(C)C)c2n1. The maximum atomic E-state index is 9.57. The molecule has 2 aromatic heterocycles. The van der Waals surface area contributed by atoms with Gasteiger partial charge in [-0.3, -0.25) is 0 Å². The van der Waals surface area contributed by atoms with Gasteiger partial charge in [0.2, 0.25) is 5.95 Å². The van der Waals surface area contributed by atoms with Crippen molar-refractivity contribution in [2.75, 3.05) is 31.0 Å². The molecule has 0 saturated carbocycles. The van der Waals surface area contributed by atoms with Crippen molar-refractivity contribution in [3.63, 3.8) is 0 Å². The minimum Gasteiger partial charge on any atom is -0.497 e. The number of anilines is 2. The van der Waals surface area contributed by atoms with Crippen LogP contribution >= 0.6 is 0 Å². The lowest BCUT2D eigenvalue weighted by Gasteiger charge is -2.21. The first-order valence-corrected chi connectivity index (χ1v) is 9.92. The van der Waals surface area contributed by atoms with Crippen LogP contribution in [0, 0.1) is 0 Å². The van der Waals surface area contributed by atoms with Gasteiger partial charge in [-0.1, -0.05) is 19.1 Å². The zero-order valence-corrected chi connectivity index (χ0v) is 17.8. The van der Waals surface area contributed by atoms with E-state index in [2.05, 4.69) is 35.1 Å². The van der Waals surface area contributed by atoms with Gasteiger partial charge in [0.25, 0.3) is 0 Å². The van der Waals surface area contributed by atoms with Crippen molar-refractivity contribution in [2.45, 2.75) is 45.8 Å². The van der Waals surface area contributed by atoms with Crippen molar-refractivity contribution in [3.8, 4) is 5.75 Å². The fraction of sp³-hybridized carbons (Fsp3) is 0.476. The number of nitrogens with zero attached hydrogens (tertiary/aromatic N) is 5. The molecule has 3 rings (SSSR count). The number of ether oxygens (including phenoxy) is 1. The Morgan fingerprint density at radius 2 is 2.07 bits per heavy atom. The number of rotatable bonds is 9. The number of benzene rings is 1. The van der Waals surface area contributed by atoms with Crippen LogP contribution in [0.15, 0.2) is 30.6 Å². The number of aromatic nitrogens is 4. The number of nitrogens with one attached hydrogen (secondary N) is 1. The molecule has 0 aliphatic rings. The predicted molar refractivity (Wildman–Crippen MR) is 116 cm³/mol. The van der Waals surface area contributed by atoms with E-state index >= 15 is 0 Å². The fourth-order valence-corrected chi connectivity index (χ4v) is 3.19. The molecule has 8 heteroatoms. The summed E-state index contributed by atoms with van der Waals surface area (Å²) in [5.74, 6) is 2.06. The molecule has 0 bridgehead atoms. The zero-order chi connectivity index (χ0) is 21.0. The highest BCUT2D eigenvalue weighted by Crippen LogP contribution is 2.27. The Bertz CT molecular complexity index is 951. The van der Waals surface area contributed by atoms with E-state index in [0.717, 1.165) is 34.7 Å². The largest absolute Gasteiger partial charge is 0.497 e. The van der Waals surface area contributed by atoms with Crippen molar-refractivity contribution < 1.29 is 9.84 Å². The number of aliphatic hydroxyl groups is 1. The van der Waals surface area contributed by atoms with Gasteiger partial charge in [0.05, 0.1) is 26.1 Å². The molecule has 29 heavy (non-hydrogen) atoms. The molecule has 156 valence electrons. The standard InChI is InChI=1S/C21H30N6O2/c1-6-16(12-28)23-21-24-19(18-20(25-21)27(13-22-18)14(2)3)26(4)11-15-8-7-9-17(10-15)29-5/h7-10,13-14,16,28H,6,11-12H2,1-5H3,(H,23,24,25)/t16-/m1/s1. The van der Waals surface area contributed by atoms with Gasteiger partial charge in [-0.25, -0.2) is 4.98 Å². The first kappa shape index (κ1) is 20.9. The molecule has 2 N–H and O–H groups in total. The minimum absolute atomic E-state index is 0.0241. The number of fused-ring (bicyclic) bond motifs is 1. The number of imidazole rings is 1. The Kier molecular flexibility index (Phi) is 6.53. The molecule has 1 aromatic carbocycles. The Morgan fingerprint density at radius 1 is 1.28 bits per heavy atom. The van der Waals surface area contributed by atoms with E-state index in [-0.39, 0.29) is 18.7 Å². The highest BCUT2D eigenvalue weighted by atomic mass is 16.5. The Balaban J connectivity index is 2.01. The van der Waals surface area contributed by atoms with Crippen LogP contribution in [0.4, 0.5) is 11.8 Å². The summed E-state index contributed by atoms with van der Waals surface area (Å²) < 4.78 is 7.37. The van der Waals surface area contributed by atoms with Gasteiger partial charge in [0.1, 0.15) is 5.75 Å². The van der Waals surface area contributed by atoms with Gasteiger partial charge in [-0.15, -0.1) is 0 Å². The fourth-order valence-electron chi connectivity index (χ4n) is 3.19. The molecule has 0 saturated heterocycles. The number of hydrogen-bond acceptors (Lipinski definition) is 7. The Labute approximate surface area is 171 Å². The highest BCUT2D eigenvalue weighted by Gasteiger charge is 2.19. The van der Waals surface area contributed by atoms with E-state index in [0.29, 0.717) is 12.5 Å². The second-order valence-electron chi connectivity index (χ2n) is 7.43. The number of methoxy groups -OCH3 is 1. The van der Waals surface area contributed by atoms with Gasteiger partial charge in [-0.05, 0) is 38.0 Å². The number of aliphatic hydroxyl groups excluding tert-OH is 1. The maximum absolute atomic E-state index is 9.57. The van der Waals surface area contributed by atoms with Crippen molar-refractivity contribution in [3.05, 3.63) is 36.2 Å². The van der Waals surface area contributed by atoms with Crippen LogP contribution in [0.1, 0.15) is 38.8 Å². The highest BCUT2D eigenvalue weighted by molar-refractivity contribution is 5.85. The van der Waals surface area contributed by atoms with Crippen molar-refractivity contribution in [2.24, 2.45) is 0 Å². The molecule has 0 unspecified atom stereocenters. The first-order valence-electron chi connectivity index (χ1n) is 9.92. The molecule has 0 amide bonds. The van der Waals surface area contributed by atoms with Crippen LogP contribution in [0.25, 0.3) is 11.2 Å². The molecule has 0 spiro atoms. The third-order valence-electron chi connectivity index (χ3n) is 4.92. The predicted octanol–water partition coefficient (Wildman–Crippen LogP) is 3.24. The summed E-state index contributed by atoms with van der Waals surface area (Å²) in [4.78, 5) is 16.1. The van der Waals surface area contributed by atoms with E-state index in [4.69, 9.17) is 14.7 Å². The normalized spacial score (nSPS) is 12.4. The summed E-state index contributed by atoms with van der Waals surface area (Å²) in [6, 6.07) is 8.10. The van der Waals surface area contributed by atoms with Gasteiger partial charge in [0.15, 0.2) is 17.0 Å². The third-order valence-corrected chi connectivity index (χ3v) is 4.92. The lowest BCUT2D eigenvalue weighted by Crippen LogP contribution is -2.25. The Morgan fingerprint density at radius 3 is 2.72 bits per heavy atom. The van der Waals surface area contributed by atoms with Crippen LogP contribution in [0.5, 0.6) is 5.75 Å². The summed E-state index contributed by atoms with van der Waals surface area (Å²) in [5, 5.41) is 12.8. The van der Waals surface area contributed by atoms with E-state index in [1.54, 1.807) is 13.4 Å². The summed E-state index contributed by atoms with van der Waals surface area (Å²) in [7, 11) is 3.65. The van der Waals surface area contributed by atoms with Crippen molar-refractivity contribution >= 4 is 22.9 Å². The molecule has 0 aliphatic heterocycles. The van der Waals surface area contributed by atoms with Crippen LogP contribution in [-0.4, -0.2) is 51.4 Å². The molecule has 1 atom stereocenters. The van der Waals surface area contributed by atoms with Gasteiger partial charge in [0, 0.05) is 19.6 Å². The minimum atomic E-state index is -0.0978. The van der Waals surface area contributed by atoms with Crippen molar-refractivity contribution in [1.29, 1.82) is 0 Å². The van der Waals surface area contributed by atoms with E-state index in [9.17, 15) is 5.11 Å². The monoisotopic (exact) mass is 398 g/mol. The van der Waals surface area contributed by atoms with Crippen LogP contribution < -0.4 is 15.0 Å². The summed E-state index contributed by atoms with van der Waals surface area (Å²) in [6.07, 6.45) is 2.58. The lowest BCUT2D eigenvalue weighted by atomic mass is 10.2. The molecule has 0 radical (unpaired) electrons. The quantitative estimate of drug-likeness (QED) is 0.572. The average molecular weight is 399 g/mol. The average Bonchev–Trinajstić information content (AvgIpc) is 3.15. The molecule has 8 nitrogen and oxygen atoms in total. The maximum Gasteiger partial charge on any atom is 0.227 e. The molecular weight excluding hydrogens is 368 g/mol. The molecule has 0 fully saturated rings. The molecule has 2 heterocycles. The van der Waals surface area contributed by atoms with Crippen LogP contribution in [0.3, 0.4) is 0 Å². The zero-order valence-electron chi connectivity index (χ0n) is 17.8. The van der Waals surface area contributed by atoms with Crippen LogP contribution in [0.2, 0.25) is 0 Å². The summed E-state index contributed by atoms with van der Waals surface area (Å²) >= 11 is 0. The van der Waals surface area contributed by atoms with Gasteiger partial charge < -0.3 is 24.6 Å². The first-order chi connectivity index (χ1) is 14.0. The molecule has 3 aromatic rings. The molecule has 0 aliphatic carbocycles. The van der Waals surface area contributed by atoms with Crippen molar-refractivity contribution in [1.82, 2.24) is 19.5 Å². The van der Waals surface area contributed by atoms with Crippen LogP contribution in [-0.2, 0) is 6.54 Å². The molecular formula is C21H30N6O2. The second-order valence-corrected chi connectivity index (χ2v) is 7.43. The summed E-state index contributed by atoms with van der Waals surface area (Å²) in [5.41, 5.74) is 2.64. The van der Waals surface area contributed by atoms with Gasteiger partial charge >= 0.3 is 0 Å².